The van der Waals surface area contributed by atoms with Crippen LogP contribution in [0.25, 0.3) is 0 Å². The zero-order chi connectivity index (χ0) is 12.8. The van der Waals surface area contributed by atoms with Gasteiger partial charge in [-0.3, -0.25) is 4.79 Å². The number of aliphatic hydroxyl groups excluding tert-OH is 1. The first-order chi connectivity index (χ1) is 8.10. The van der Waals surface area contributed by atoms with Crippen LogP contribution in [0.5, 0.6) is 5.75 Å². The Balaban J connectivity index is 2.81. The highest BCUT2D eigenvalue weighted by atomic mass is 16.5. The third-order valence-electron chi connectivity index (χ3n) is 2.48. The maximum absolute atomic E-state index is 12.0. The van der Waals surface area contributed by atoms with Crippen LogP contribution >= 0.6 is 0 Å². The fraction of sp³-hybridized carbons (Fsp3) is 0.417. The number of aliphatic hydroxyl groups is 1. The molecule has 0 atom stereocenters. The number of nitrogen functional groups attached to an aromatic ring is 1. The van der Waals surface area contributed by atoms with Gasteiger partial charge in [-0.2, -0.15) is 0 Å². The number of methoxy groups -OCH3 is 1. The largest absolute Gasteiger partial charge is 0.495 e. The predicted molar refractivity (Wildman–Crippen MR) is 66.1 cm³/mol. The maximum Gasteiger partial charge on any atom is 0.253 e. The number of ether oxygens (including phenoxy) is 1. The first-order valence-corrected chi connectivity index (χ1v) is 5.40. The van der Waals surface area contributed by atoms with Crippen molar-refractivity contribution in [3.8, 4) is 5.75 Å². The molecule has 0 radical (unpaired) electrons. The highest BCUT2D eigenvalue weighted by Crippen LogP contribution is 2.22. The van der Waals surface area contributed by atoms with Crippen LogP contribution in [-0.2, 0) is 0 Å². The summed E-state index contributed by atoms with van der Waals surface area (Å²) in [4.78, 5) is 13.5. The van der Waals surface area contributed by atoms with Gasteiger partial charge in [0.05, 0.1) is 12.8 Å². The molecule has 0 aliphatic heterocycles. The van der Waals surface area contributed by atoms with Gasteiger partial charge in [0.25, 0.3) is 5.91 Å². The number of nitrogens with two attached hydrogens (primary N) is 1. The SMILES string of the molecule is COc1cc(C(=O)N(C)CCCO)ccc1N. The molecule has 0 bridgehead atoms. The summed E-state index contributed by atoms with van der Waals surface area (Å²) in [6.07, 6.45) is 0.564. The van der Waals surface area contributed by atoms with Crippen LogP contribution in [0.4, 0.5) is 5.69 Å². The van der Waals surface area contributed by atoms with E-state index < -0.39 is 0 Å². The van der Waals surface area contributed by atoms with E-state index in [1.807, 2.05) is 0 Å². The summed E-state index contributed by atoms with van der Waals surface area (Å²) in [5.74, 6) is 0.378. The third-order valence-corrected chi connectivity index (χ3v) is 2.48. The Labute approximate surface area is 101 Å². The molecule has 5 nitrogen and oxygen atoms in total. The van der Waals surface area contributed by atoms with Gasteiger partial charge in [0.15, 0.2) is 0 Å². The highest BCUT2D eigenvalue weighted by Gasteiger charge is 2.12. The Bertz CT molecular complexity index is 393. The molecule has 0 unspecified atom stereocenters. The molecule has 1 aromatic rings. The van der Waals surface area contributed by atoms with E-state index in [9.17, 15) is 4.79 Å². The molecule has 3 N–H and O–H groups in total. The lowest BCUT2D eigenvalue weighted by Gasteiger charge is -2.17. The minimum atomic E-state index is -0.114. The zero-order valence-corrected chi connectivity index (χ0v) is 10.1. The maximum atomic E-state index is 12.0. The van der Waals surface area contributed by atoms with Gasteiger partial charge in [0.1, 0.15) is 5.75 Å². The number of rotatable bonds is 5. The summed E-state index contributed by atoms with van der Waals surface area (Å²) in [7, 11) is 3.20. The molecule has 0 heterocycles. The van der Waals surface area contributed by atoms with Crippen molar-refractivity contribution in [3.63, 3.8) is 0 Å². The van der Waals surface area contributed by atoms with Gasteiger partial charge < -0.3 is 20.5 Å². The van der Waals surface area contributed by atoms with Gasteiger partial charge in [-0.25, -0.2) is 0 Å². The predicted octanol–water partition coefficient (Wildman–Crippen LogP) is 0.732. The second kappa shape index (κ2) is 6.10. The van der Waals surface area contributed by atoms with Crippen molar-refractivity contribution in [1.29, 1.82) is 0 Å². The lowest BCUT2D eigenvalue weighted by Crippen LogP contribution is -2.28. The van der Waals surface area contributed by atoms with Crippen LogP contribution in [0.1, 0.15) is 16.8 Å². The van der Waals surface area contributed by atoms with E-state index in [-0.39, 0.29) is 12.5 Å². The van der Waals surface area contributed by atoms with Crippen LogP contribution in [0, 0.1) is 0 Å². The van der Waals surface area contributed by atoms with E-state index in [1.54, 1.807) is 30.1 Å². The van der Waals surface area contributed by atoms with Crippen LogP contribution in [-0.4, -0.2) is 43.2 Å². The summed E-state index contributed by atoms with van der Waals surface area (Å²) >= 11 is 0. The quantitative estimate of drug-likeness (QED) is 0.741. The van der Waals surface area contributed by atoms with Crippen molar-refractivity contribution in [2.75, 3.05) is 33.0 Å². The van der Waals surface area contributed by atoms with Gasteiger partial charge in [-0.05, 0) is 24.6 Å². The van der Waals surface area contributed by atoms with Crippen molar-refractivity contribution in [3.05, 3.63) is 23.8 Å². The zero-order valence-electron chi connectivity index (χ0n) is 10.1. The Kier molecular flexibility index (Phi) is 4.78. The number of carbonyl (C=O) groups is 1. The molecule has 1 amide bonds. The van der Waals surface area contributed by atoms with Crippen LogP contribution in [0.15, 0.2) is 18.2 Å². The highest BCUT2D eigenvalue weighted by molar-refractivity contribution is 5.95. The number of hydrogen-bond acceptors (Lipinski definition) is 4. The summed E-state index contributed by atoms with van der Waals surface area (Å²) in [6.45, 7) is 0.588. The van der Waals surface area contributed by atoms with Crippen molar-refractivity contribution in [1.82, 2.24) is 4.90 Å². The molecule has 0 spiro atoms. The monoisotopic (exact) mass is 238 g/mol. The van der Waals surface area contributed by atoms with E-state index in [4.69, 9.17) is 15.6 Å². The van der Waals surface area contributed by atoms with Gasteiger partial charge >= 0.3 is 0 Å². The number of carbonyl (C=O) groups excluding carboxylic acids is 1. The van der Waals surface area contributed by atoms with Gasteiger partial charge in [-0.15, -0.1) is 0 Å². The molecule has 0 aliphatic rings. The first kappa shape index (κ1) is 13.3. The molecule has 5 heteroatoms. The van der Waals surface area contributed by atoms with Crippen molar-refractivity contribution < 1.29 is 14.6 Å². The van der Waals surface area contributed by atoms with E-state index >= 15 is 0 Å². The standard InChI is InChI=1S/C12H18N2O3/c1-14(6-3-7-15)12(16)9-4-5-10(13)11(8-9)17-2/h4-5,8,15H,3,6-7,13H2,1-2H3. The topological polar surface area (TPSA) is 75.8 Å². The summed E-state index contributed by atoms with van der Waals surface area (Å²) < 4.78 is 5.06. The van der Waals surface area contributed by atoms with Crippen LogP contribution in [0.2, 0.25) is 0 Å². The van der Waals surface area contributed by atoms with Crippen molar-refractivity contribution in [2.24, 2.45) is 0 Å². The molecule has 1 rings (SSSR count). The fourth-order valence-electron chi connectivity index (χ4n) is 1.47. The third kappa shape index (κ3) is 3.35. The molecule has 0 aromatic heterocycles. The van der Waals surface area contributed by atoms with Crippen LogP contribution in [0.3, 0.4) is 0 Å². The molecule has 0 aliphatic carbocycles. The van der Waals surface area contributed by atoms with E-state index in [1.165, 1.54) is 7.11 Å². The van der Waals surface area contributed by atoms with E-state index in [2.05, 4.69) is 0 Å². The van der Waals surface area contributed by atoms with Crippen molar-refractivity contribution >= 4 is 11.6 Å². The Morgan fingerprint density at radius 3 is 2.82 bits per heavy atom. The normalized spacial score (nSPS) is 10.1. The minimum Gasteiger partial charge on any atom is -0.495 e. The molecular formula is C12H18N2O3. The number of benzene rings is 1. The first-order valence-electron chi connectivity index (χ1n) is 5.40. The molecule has 17 heavy (non-hydrogen) atoms. The lowest BCUT2D eigenvalue weighted by molar-refractivity contribution is 0.0786. The number of anilines is 1. The molecule has 0 saturated heterocycles. The van der Waals surface area contributed by atoms with E-state index in [0.29, 0.717) is 30.0 Å². The molecule has 0 fully saturated rings. The number of hydrogen-bond donors (Lipinski definition) is 2. The van der Waals surface area contributed by atoms with Crippen LogP contribution < -0.4 is 10.5 Å². The second-order valence-electron chi connectivity index (χ2n) is 3.76. The van der Waals surface area contributed by atoms with Gasteiger partial charge in [0.2, 0.25) is 0 Å². The molecule has 0 saturated carbocycles. The Morgan fingerprint density at radius 1 is 1.53 bits per heavy atom. The lowest BCUT2D eigenvalue weighted by atomic mass is 10.1. The molecule has 94 valence electrons. The minimum absolute atomic E-state index is 0.0721. The second-order valence-corrected chi connectivity index (χ2v) is 3.76. The average molecular weight is 238 g/mol. The molecular weight excluding hydrogens is 220 g/mol. The number of nitrogens with zero attached hydrogens (tertiary/aromatic N) is 1. The van der Waals surface area contributed by atoms with E-state index in [0.717, 1.165) is 0 Å². The summed E-state index contributed by atoms with van der Waals surface area (Å²) in [5.41, 5.74) is 6.70. The number of amides is 1. The van der Waals surface area contributed by atoms with Gasteiger partial charge in [0, 0.05) is 25.8 Å². The fourth-order valence-corrected chi connectivity index (χ4v) is 1.47. The average Bonchev–Trinajstić information content (AvgIpc) is 2.35. The Hall–Kier alpha value is -1.75. The van der Waals surface area contributed by atoms with Gasteiger partial charge in [-0.1, -0.05) is 0 Å². The smallest absolute Gasteiger partial charge is 0.253 e. The molecule has 1 aromatic carbocycles. The summed E-state index contributed by atoms with van der Waals surface area (Å²) in [6, 6.07) is 4.93. The summed E-state index contributed by atoms with van der Waals surface area (Å²) in [5, 5.41) is 8.71. The van der Waals surface area contributed by atoms with Crippen molar-refractivity contribution in [2.45, 2.75) is 6.42 Å². The Morgan fingerprint density at radius 2 is 2.24 bits per heavy atom.